The Bertz CT molecular complexity index is 468. The first kappa shape index (κ1) is 19.8. The number of piperidine rings is 1. The molecule has 0 aromatic carbocycles. The van der Waals surface area contributed by atoms with Gasteiger partial charge < -0.3 is 24.7 Å². The Morgan fingerprint density at radius 1 is 1.36 bits per heavy atom. The first-order valence-corrected chi connectivity index (χ1v) is 9.58. The number of guanidine groups is 1. The molecular formula is C19H34N4O2. The summed E-state index contributed by atoms with van der Waals surface area (Å²) in [5.41, 5.74) is 0. The maximum absolute atomic E-state index is 5.58. The molecule has 0 atom stereocenters. The van der Waals surface area contributed by atoms with E-state index in [1.54, 1.807) is 6.26 Å². The van der Waals surface area contributed by atoms with Crippen molar-refractivity contribution in [3.8, 4) is 0 Å². The minimum absolute atomic E-state index is 0.538. The Labute approximate surface area is 152 Å². The number of aliphatic imine (C=N–C) groups is 1. The van der Waals surface area contributed by atoms with Crippen LogP contribution in [-0.4, -0.2) is 57.2 Å². The topological polar surface area (TPSA) is 62.0 Å². The molecule has 142 valence electrons. The van der Waals surface area contributed by atoms with E-state index in [1.807, 2.05) is 19.2 Å². The van der Waals surface area contributed by atoms with Crippen molar-refractivity contribution in [2.75, 3.05) is 46.4 Å². The predicted molar refractivity (Wildman–Crippen MR) is 102 cm³/mol. The second-order valence-corrected chi connectivity index (χ2v) is 6.65. The Morgan fingerprint density at radius 2 is 2.20 bits per heavy atom. The van der Waals surface area contributed by atoms with Crippen molar-refractivity contribution < 1.29 is 9.15 Å². The molecule has 1 saturated heterocycles. The van der Waals surface area contributed by atoms with Gasteiger partial charge in [0.2, 0.25) is 0 Å². The lowest BCUT2D eigenvalue weighted by molar-refractivity contribution is 0.105. The molecule has 2 N–H and O–H groups in total. The number of rotatable bonds is 10. The Hall–Kier alpha value is -1.53. The van der Waals surface area contributed by atoms with E-state index in [1.165, 1.54) is 38.9 Å². The van der Waals surface area contributed by atoms with E-state index in [2.05, 4.69) is 27.4 Å². The third-order valence-electron chi connectivity index (χ3n) is 4.61. The average Bonchev–Trinajstić information content (AvgIpc) is 3.15. The van der Waals surface area contributed by atoms with Crippen LogP contribution in [0.2, 0.25) is 0 Å². The van der Waals surface area contributed by atoms with Gasteiger partial charge in [0.25, 0.3) is 0 Å². The van der Waals surface area contributed by atoms with Crippen LogP contribution in [-0.2, 0) is 11.3 Å². The molecule has 6 nitrogen and oxygen atoms in total. The number of nitrogens with zero attached hydrogens (tertiary/aromatic N) is 2. The summed E-state index contributed by atoms with van der Waals surface area (Å²) in [5.74, 6) is 2.51. The number of furan rings is 1. The van der Waals surface area contributed by atoms with Gasteiger partial charge in [-0.05, 0) is 63.4 Å². The number of nitrogens with one attached hydrogen (secondary N) is 2. The molecule has 0 bridgehead atoms. The van der Waals surface area contributed by atoms with Crippen LogP contribution in [0.5, 0.6) is 0 Å². The summed E-state index contributed by atoms with van der Waals surface area (Å²) in [6.07, 6.45) is 6.43. The summed E-state index contributed by atoms with van der Waals surface area (Å²) in [5, 5.41) is 6.82. The minimum Gasteiger partial charge on any atom is -0.467 e. The summed E-state index contributed by atoms with van der Waals surface area (Å²) in [4.78, 5) is 6.88. The van der Waals surface area contributed by atoms with Gasteiger partial charge in [0.15, 0.2) is 5.96 Å². The Morgan fingerprint density at radius 3 is 2.88 bits per heavy atom. The molecule has 0 amide bonds. The molecular weight excluding hydrogens is 316 g/mol. The van der Waals surface area contributed by atoms with Crippen molar-refractivity contribution in [3.63, 3.8) is 0 Å². The second kappa shape index (κ2) is 11.9. The van der Waals surface area contributed by atoms with E-state index in [0.717, 1.165) is 37.1 Å². The van der Waals surface area contributed by atoms with Gasteiger partial charge >= 0.3 is 0 Å². The molecule has 0 aliphatic carbocycles. The van der Waals surface area contributed by atoms with Crippen LogP contribution in [0.3, 0.4) is 0 Å². The fourth-order valence-electron chi connectivity index (χ4n) is 3.14. The van der Waals surface area contributed by atoms with Gasteiger partial charge in [0.05, 0.1) is 6.26 Å². The van der Waals surface area contributed by atoms with Crippen LogP contribution in [0.4, 0.5) is 0 Å². The number of hydrogen-bond acceptors (Lipinski definition) is 4. The first-order valence-electron chi connectivity index (χ1n) is 9.58. The summed E-state index contributed by atoms with van der Waals surface area (Å²) in [6.45, 7) is 9.08. The summed E-state index contributed by atoms with van der Waals surface area (Å²) in [7, 11) is 1.83. The molecule has 1 aliphatic heterocycles. The molecule has 1 aliphatic rings. The van der Waals surface area contributed by atoms with Crippen LogP contribution in [0.1, 0.15) is 38.4 Å². The fourth-order valence-corrected chi connectivity index (χ4v) is 3.14. The van der Waals surface area contributed by atoms with Crippen LogP contribution in [0.15, 0.2) is 27.8 Å². The van der Waals surface area contributed by atoms with Crippen molar-refractivity contribution in [2.45, 2.75) is 39.2 Å². The van der Waals surface area contributed by atoms with E-state index >= 15 is 0 Å². The lowest BCUT2D eigenvalue weighted by atomic mass is 9.97. The van der Waals surface area contributed by atoms with Crippen molar-refractivity contribution >= 4 is 5.96 Å². The fraction of sp³-hybridized carbons (Fsp3) is 0.737. The molecule has 2 rings (SSSR count). The summed E-state index contributed by atoms with van der Waals surface area (Å²) >= 11 is 0. The van der Waals surface area contributed by atoms with Gasteiger partial charge in [-0.25, -0.2) is 0 Å². The van der Waals surface area contributed by atoms with Crippen molar-refractivity contribution in [2.24, 2.45) is 10.9 Å². The summed E-state index contributed by atoms with van der Waals surface area (Å²) < 4.78 is 10.8. The largest absolute Gasteiger partial charge is 0.467 e. The Balaban J connectivity index is 1.49. The van der Waals surface area contributed by atoms with Crippen molar-refractivity contribution in [1.82, 2.24) is 15.5 Å². The van der Waals surface area contributed by atoms with Gasteiger partial charge in [0.1, 0.15) is 12.4 Å². The van der Waals surface area contributed by atoms with Crippen LogP contribution >= 0.6 is 0 Å². The lowest BCUT2D eigenvalue weighted by Gasteiger charge is -2.32. The maximum Gasteiger partial charge on any atom is 0.190 e. The van der Waals surface area contributed by atoms with E-state index in [0.29, 0.717) is 13.2 Å². The zero-order valence-corrected chi connectivity index (χ0v) is 15.8. The standard InChI is InChI=1S/C19H34N4O2/c1-3-10-23-11-7-17(8-12-23)15-22-19(20-2)21-9-5-13-24-16-18-6-4-14-25-18/h4,6,14,17H,3,5,7-13,15-16H2,1-2H3,(H2,20,21,22). The predicted octanol–water partition coefficient (Wildman–Crippen LogP) is 2.47. The molecule has 25 heavy (non-hydrogen) atoms. The second-order valence-electron chi connectivity index (χ2n) is 6.65. The quantitative estimate of drug-likeness (QED) is 0.386. The number of ether oxygens (including phenoxy) is 1. The van der Waals surface area contributed by atoms with Gasteiger partial charge in [-0.1, -0.05) is 6.92 Å². The Kier molecular flexibility index (Phi) is 9.44. The SMILES string of the molecule is CCCN1CCC(CNC(=NC)NCCCOCc2ccco2)CC1. The van der Waals surface area contributed by atoms with Crippen LogP contribution in [0, 0.1) is 5.92 Å². The van der Waals surface area contributed by atoms with E-state index in [9.17, 15) is 0 Å². The average molecular weight is 351 g/mol. The molecule has 1 fully saturated rings. The third kappa shape index (κ3) is 7.92. The lowest BCUT2D eigenvalue weighted by Crippen LogP contribution is -2.43. The molecule has 1 aromatic rings. The van der Waals surface area contributed by atoms with Crippen LogP contribution in [0.25, 0.3) is 0 Å². The number of hydrogen-bond donors (Lipinski definition) is 2. The molecule has 1 aromatic heterocycles. The smallest absolute Gasteiger partial charge is 0.190 e. The van der Waals surface area contributed by atoms with Gasteiger partial charge in [-0.15, -0.1) is 0 Å². The maximum atomic E-state index is 5.58. The highest BCUT2D eigenvalue weighted by Gasteiger charge is 2.18. The van der Waals surface area contributed by atoms with E-state index in [-0.39, 0.29) is 0 Å². The van der Waals surface area contributed by atoms with Crippen molar-refractivity contribution in [1.29, 1.82) is 0 Å². The third-order valence-corrected chi connectivity index (χ3v) is 4.61. The van der Waals surface area contributed by atoms with Gasteiger partial charge in [0, 0.05) is 26.7 Å². The zero-order valence-electron chi connectivity index (χ0n) is 15.8. The molecule has 0 unspecified atom stereocenters. The highest BCUT2D eigenvalue weighted by Crippen LogP contribution is 2.16. The molecule has 6 heteroatoms. The minimum atomic E-state index is 0.538. The van der Waals surface area contributed by atoms with Crippen LogP contribution < -0.4 is 10.6 Å². The van der Waals surface area contributed by atoms with Crippen molar-refractivity contribution in [3.05, 3.63) is 24.2 Å². The molecule has 0 spiro atoms. The molecule has 2 heterocycles. The monoisotopic (exact) mass is 350 g/mol. The highest BCUT2D eigenvalue weighted by molar-refractivity contribution is 5.79. The number of likely N-dealkylation sites (tertiary alicyclic amines) is 1. The molecule has 0 radical (unpaired) electrons. The van der Waals surface area contributed by atoms with E-state index < -0.39 is 0 Å². The van der Waals surface area contributed by atoms with Gasteiger partial charge in [-0.2, -0.15) is 0 Å². The first-order chi connectivity index (χ1) is 12.3. The highest BCUT2D eigenvalue weighted by atomic mass is 16.5. The zero-order chi connectivity index (χ0) is 17.7. The van der Waals surface area contributed by atoms with E-state index in [4.69, 9.17) is 9.15 Å². The normalized spacial score (nSPS) is 17.0. The van der Waals surface area contributed by atoms with Gasteiger partial charge in [-0.3, -0.25) is 4.99 Å². The molecule has 0 saturated carbocycles. The summed E-state index contributed by atoms with van der Waals surface area (Å²) in [6, 6.07) is 3.81.